The van der Waals surface area contributed by atoms with E-state index >= 15 is 0 Å². The van der Waals surface area contributed by atoms with Crippen molar-refractivity contribution in [1.82, 2.24) is 0 Å². The van der Waals surface area contributed by atoms with Crippen molar-refractivity contribution in [3.05, 3.63) is 0 Å². The predicted molar refractivity (Wildman–Crippen MR) is 73.3 cm³/mol. The molecule has 0 aliphatic heterocycles. The first-order chi connectivity index (χ1) is 6.54. The van der Waals surface area contributed by atoms with Crippen molar-refractivity contribution in [3.8, 4) is 0 Å². The van der Waals surface area contributed by atoms with Gasteiger partial charge in [-0.1, -0.05) is 13.8 Å². The quantitative estimate of drug-likeness (QED) is 0.577. The number of hydrogen-bond donors (Lipinski definition) is 1. The summed E-state index contributed by atoms with van der Waals surface area (Å²) in [4.78, 5) is 0. The third kappa shape index (κ3) is 3.25. The van der Waals surface area contributed by atoms with Gasteiger partial charge >= 0.3 is 0 Å². The molecule has 2 N–H and O–H groups in total. The molecule has 0 spiro atoms. The van der Waals surface area contributed by atoms with E-state index in [-0.39, 0.29) is 15.6 Å². The van der Waals surface area contributed by atoms with Crippen LogP contribution in [0.25, 0.3) is 0 Å². The zero-order valence-corrected chi connectivity index (χ0v) is 11.7. The van der Waals surface area contributed by atoms with Crippen LogP contribution in [-0.4, -0.2) is 23.7 Å². The molecule has 0 heterocycles. The summed E-state index contributed by atoms with van der Waals surface area (Å²) in [6.07, 6.45) is 2.11. The van der Waals surface area contributed by atoms with Crippen molar-refractivity contribution >= 4 is 25.5 Å². The molecule has 1 rings (SSSR count). The van der Waals surface area contributed by atoms with Gasteiger partial charge in [-0.2, -0.15) is 0 Å². The summed E-state index contributed by atoms with van der Waals surface area (Å²) >= 11 is 1.68. The van der Waals surface area contributed by atoms with Crippen molar-refractivity contribution in [2.24, 2.45) is 15.5 Å². The molecule has 1 aliphatic carbocycles. The van der Waals surface area contributed by atoms with Gasteiger partial charge < -0.3 is 5.73 Å². The van der Waals surface area contributed by atoms with Gasteiger partial charge in [-0.25, -0.2) is 4.40 Å². The lowest BCUT2D eigenvalue weighted by Crippen LogP contribution is -2.58. The van der Waals surface area contributed by atoms with Crippen LogP contribution in [0.3, 0.4) is 0 Å². The van der Waals surface area contributed by atoms with E-state index in [0.717, 1.165) is 12.8 Å². The van der Waals surface area contributed by atoms with Crippen molar-refractivity contribution in [1.29, 1.82) is 0 Å². The molecule has 1 atom stereocenters. The van der Waals surface area contributed by atoms with Gasteiger partial charge in [0, 0.05) is 10.5 Å². The highest BCUT2D eigenvalue weighted by atomic mass is 32.2. The molecule has 0 saturated heterocycles. The third-order valence-electron chi connectivity index (χ3n) is 3.19. The average Bonchev–Trinajstić information content (AvgIpc) is 1.91. The van der Waals surface area contributed by atoms with E-state index in [4.69, 9.17) is 5.73 Å². The maximum absolute atomic E-state index is 6.16. The van der Waals surface area contributed by atoms with Gasteiger partial charge in [0.2, 0.25) is 0 Å². The fourth-order valence-electron chi connectivity index (χ4n) is 1.57. The highest BCUT2D eigenvalue weighted by Crippen LogP contribution is 2.45. The second kappa shape index (κ2) is 3.81. The van der Waals surface area contributed by atoms with Gasteiger partial charge in [0.1, 0.15) is 7.85 Å². The molecule has 0 bridgehead atoms. The average molecular weight is 226 g/mol. The molecule has 0 amide bonds. The number of nitrogens with zero attached hydrogens (tertiary/aromatic N) is 1. The molecular formula is C11H23BN2S. The van der Waals surface area contributed by atoms with Crippen LogP contribution in [0.1, 0.15) is 47.5 Å². The van der Waals surface area contributed by atoms with Crippen LogP contribution < -0.4 is 5.73 Å². The monoisotopic (exact) mass is 226 g/mol. The summed E-state index contributed by atoms with van der Waals surface area (Å²) in [7, 11) is 2.11. The van der Waals surface area contributed by atoms with Gasteiger partial charge in [-0.05, 0) is 56.4 Å². The molecular weight excluding hydrogens is 203 g/mol. The molecule has 1 unspecified atom stereocenters. The molecule has 1 fully saturated rings. The lowest BCUT2D eigenvalue weighted by molar-refractivity contribution is 0.212. The van der Waals surface area contributed by atoms with Crippen LogP contribution in [0.2, 0.25) is 0 Å². The zero-order valence-electron chi connectivity index (χ0n) is 10.8. The number of nitrogens with two attached hydrogens (primary N) is 1. The minimum atomic E-state index is -0.0988. The second-order valence-corrected chi connectivity index (χ2v) is 8.09. The van der Waals surface area contributed by atoms with Crippen molar-refractivity contribution < 1.29 is 0 Å². The zero-order chi connectivity index (χ0) is 11.9. The van der Waals surface area contributed by atoms with Crippen LogP contribution >= 0.6 is 11.9 Å². The minimum absolute atomic E-state index is 0.0988. The fourth-order valence-corrected chi connectivity index (χ4v) is 2.10. The van der Waals surface area contributed by atoms with Gasteiger partial charge in [0.15, 0.2) is 0 Å². The Balaban J connectivity index is 2.50. The molecule has 1 saturated carbocycles. The summed E-state index contributed by atoms with van der Waals surface area (Å²) in [6.45, 7) is 10.9. The van der Waals surface area contributed by atoms with E-state index in [0.29, 0.717) is 0 Å². The number of hydrogen-bond acceptors (Lipinski definition) is 3. The Morgan fingerprint density at radius 2 is 1.80 bits per heavy atom. The van der Waals surface area contributed by atoms with E-state index < -0.39 is 0 Å². The molecule has 0 aromatic rings. The van der Waals surface area contributed by atoms with Crippen molar-refractivity contribution in [2.45, 2.75) is 57.6 Å². The standard InChI is InChI=1S/C11H23BN2S/c1-9(2,3)15-14-8-6-10(4,7-8)11(5,12)13/h6-7,12-13H2,1-5H3. The molecule has 0 radical (unpaired) electrons. The molecule has 4 heteroatoms. The van der Waals surface area contributed by atoms with Crippen LogP contribution in [0.15, 0.2) is 4.40 Å². The van der Waals surface area contributed by atoms with E-state index in [1.54, 1.807) is 11.9 Å². The molecule has 15 heavy (non-hydrogen) atoms. The lowest BCUT2D eigenvalue weighted by atomic mass is 9.51. The predicted octanol–water partition coefficient (Wildman–Crippen LogP) is 1.98. The molecule has 86 valence electrons. The SMILES string of the molecule is BC(C)(N)C1(C)CC(=NSC(C)(C)C)C1. The van der Waals surface area contributed by atoms with E-state index in [1.165, 1.54) is 5.71 Å². The largest absolute Gasteiger partial charge is 0.332 e. The Morgan fingerprint density at radius 1 is 1.33 bits per heavy atom. The molecule has 1 aliphatic rings. The first-order valence-corrected chi connectivity index (χ1v) is 6.34. The van der Waals surface area contributed by atoms with Crippen LogP contribution in [0.5, 0.6) is 0 Å². The maximum atomic E-state index is 6.16. The third-order valence-corrected chi connectivity index (χ3v) is 4.09. The van der Waals surface area contributed by atoms with Crippen molar-refractivity contribution in [3.63, 3.8) is 0 Å². The molecule has 0 aromatic heterocycles. The smallest absolute Gasteiger partial charge is 0.127 e. The second-order valence-electron chi connectivity index (χ2n) is 6.50. The molecule has 2 nitrogen and oxygen atoms in total. The lowest BCUT2D eigenvalue weighted by Gasteiger charge is -2.49. The highest BCUT2D eigenvalue weighted by molar-refractivity contribution is 7.99. The van der Waals surface area contributed by atoms with Gasteiger partial charge in [0.25, 0.3) is 0 Å². The van der Waals surface area contributed by atoms with Gasteiger partial charge in [-0.3, -0.25) is 0 Å². The van der Waals surface area contributed by atoms with Crippen LogP contribution in [0.4, 0.5) is 0 Å². The van der Waals surface area contributed by atoms with E-state index in [2.05, 4.69) is 46.9 Å². The summed E-state index contributed by atoms with van der Waals surface area (Å²) < 4.78 is 4.81. The Labute approximate surface area is 99.0 Å². The Morgan fingerprint density at radius 3 is 2.13 bits per heavy atom. The van der Waals surface area contributed by atoms with Gasteiger partial charge in [0.05, 0.1) is 0 Å². The summed E-state index contributed by atoms with van der Waals surface area (Å²) in [6, 6.07) is 0. The Bertz CT molecular complexity index is 265. The fraction of sp³-hybridized carbons (Fsp3) is 0.909. The summed E-state index contributed by atoms with van der Waals surface area (Å²) in [5.74, 6) is 0. The first kappa shape index (κ1) is 13.1. The topological polar surface area (TPSA) is 38.4 Å². The molecule has 0 aromatic carbocycles. The summed E-state index contributed by atoms with van der Waals surface area (Å²) in [5, 5.41) is 0. The van der Waals surface area contributed by atoms with Crippen LogP contribution in [-0.2, 0) is 0 Å². The number of rotatable bonds is 2. The van der Waals surface area contributed by atoms with Gasteiger partial charge in [-0.15, -0.1) is 0 Å². The first-order valence-electron chi connectivity index (χ1n) is 5.56. The summed E-state index contributed by atoms with van der Waals surface area (Å²) in [5.41, 5.74) is 7.61. The Kier molecular flexibility index (Phi) is 3.33. The highest BCUT2D eigenvalue weighted by Gasteiger charge is 2.46. The van der Waals surface area contributed by atoms with E-state index in [9.17, 15) is 0 Å². The van der Waals surface area contributed by atoms with E-state index in [1.807, 2.05) is 0 Å². The van der Waals surface area contributed by atoms with Crippen molar-refractivity contribution in [2.75, 3.05) is 0 Å². The maximum Gasteiger partial charge on any atom is 0.127 e. The van der Waals surface area contributed by atoms with Crippen LogP contribution in [0, 0.1) is 5.41 Å². The normalized spacial score (nSPS) is 30.7. The Hall–Kier alpha value is 0.0449. The minimum Gasteiger partial charge on any atom is -0.332 e.